The van der Waals surface area contributed by atoms with Crippen molar-refractivity contribution >= 4 is 40.3 Å². The summed E-state index contributed by atoms with van der Waals surface area (Å²) < 4.78 is 11.4. The summed E-state index contributed by atoms with van der Waals surface area (Å²) in [7, 11) is 0. The summed E-state index contributed by atoms with van der Waals surface area (Å²) in [4.78, 5) is 21.1. The number of carbonyl (C=O) groups is 1. The van der Waals surface area contributed by atoms with E-state index in [4.69, 9.17) is 32.0 Å². The monoisotopic (exact) mass is 463 g/mol. The number of fused-ring (bicyclic) bond motifs is 1. The van der Waals surface area contributed by atoms with E-state index < -0.39 is 0 Å². The Labute approximate surface area is 192 Å². The van der Waals surface area contributed by atoms with Crippen molar-refractivity contribution in [1.82, 2.24) is 15.3 Å². The standard InChI is InChI=1S/C24H15Cl2N3O3/c25-16-7-8-18(26)17(12-16)19-9-10-21(31-19)23(30)28-13-14-3-5-15(6-4-14)24-29-22-20(32-24)2-1-11-27-22/h1-12H,13H2,(H,28,30). The van der Waals surface area contributed by atoms with Gasteiger partial charge in [0.05, 0.1) is 5.02 Å². The highest BCUT2D eigenvalue weighted by molar-refractivity contribution is 6.35. The molecule has 0 spiro atoms. The predicted octanol–water partition coefficient (Wildman–Crippen LogP) is 6.39. The molecule has 8 heteroatoms. The fourth-order valence-corrected chi connectivity index (χ4v) is 3.60. The lowest BCUT2D eigenvalue weighted by Gasteiger charge is -2.05. The predicted molar refractivity (Wildman–Crippen MR) is 123 cm³/mol. The Balaban J connectivity index is 1.25. The molecule has 0 aliphatic rings. The molecular formula is C24H15Cl2N3O3. The zero-order valence-corrected chi connectivity index (χ0v) is 18.0. The van der Waals surface area contributed by atoms with Crippen LogP contribution in [0.5, 0.6) is 0 Å². The number of aromatic nitrogens is 2. The third kappa shape index (κ3) is 4.10. The third-order valence-corrected chi connectivity index (χ3v) is 5.41. The number of oxazole rings is 1. The molecule has 0 atom stereocenters. The number of carbonyl (C=O) groups excluding carboxylic acids is 1. The molecule has 6 nitrogen and oxygen atoms in total. The number of pyridine rings is 1. The molecule has 0 aliphatic carbocycles. The van der Waals surface area contributed by atoms with Crippen LogP contribution < -0.4 is 5.32 Å². The van der Waals surface area contributed by atoms with Crippen LogP contribution in [0.15, 0.2) is 81.8 Å². The maximum absolute atomic E-state index is 12.5. The number of hydrogen-bond acceptors (Lipinski definition) is 5. The Hall–Kier alpha value is -3.61. The van der Waals surface area contributed by atoms with Gasteiger partial charge in [0.15, 0.2) is 17.0 Å². The van der Waals surface area contributed by atoms with E-state index in [9.17, 15) is 4.79 Å². The van der Waals surface area contributed by atoms with Crippen molar-refractivity contribution in [3.05, 3.63) is 94.3 Å². The molecule has 0 aliphatic heterocycles. The first-order valence-electron chi connectivity index (χ1n) is 9.71. The molecule has 2 aromatic carbocycles. The van der Waals surface area contributed by atoms with Crippen molar-refractivity contribution in [3.8, 4) is 22.8 Å². The average Bonchev–Trinajstić information content (AvgIpc) is 3.47. The van der Waals surface area contributed by atoms with Crippen LogP contribution in [-0.4, -0.2) is 15.9 Å². The molecule has 5 rings (SSSR count). The van der Waals surface area contributed by atoms with Crippen LogP contribution in [0.1, 0.15) is 16.1 Å². The Bertz CT molecular complexity index is 1390. The molecule has 0 radical (unpaired) electrons. The van der Waals surface area contributed by atoms with Gasteiger partial charge in [-0.2, -0.15) is 4.98 Å². The second-order valence-corrected chi connectivity index (χ2v) is 7.86. The minimum absolute atomic E-state index is 0.187. The van der Waals surface area contributed by atoms with Crippen LogP contribution in [0.2, 0.25) is 10.0 Å². The molecule has 1 N–H and O–H groups in total. The fraction of sp³-hybridized carbons (Fsp3) is 0.0417. The summed E-state index contributed by atoms with van der Waals surface area (Å²) in [5.41, 5.74) is 3.57. The van der Waals surface area contributed by atoms with Gasteiger partial charge in [-0.1, -0.05) is 35.3 Å². The Morgan fingerprint density at radius 2 is 1.81 bits per heavy atom. The zero-order chi connectivity index (χ0) is 22.1. The van der Waals surface area contributed by atoms with E-state index in [0.717, 1.165) is 11.1 Å². The van der Waals surface area contributed by atoms with Crippen molar-refractivity contribution in [2.45, 2.75) is 6.54 Å². The van der Waals surface area contributed by atoms with Crippen LogP contribution in [0.25, 0.3) is 34.0 Å². The highest BCUT2D eigenvalue weighted by Gasteiger charge is 2.15. The van der Waals surface area contributed by atoms with Gasteiger partial charge in [-0.05, 0) is 60.2 Å². The van der Waals surface area contributed by atoms with Gasteiger partial charge < -0.3 is 14.2 Å². The molecule has 3 heterocycles. The second-order valence-electron chi connectivity index (χ2n) is 7.01. The molecule has 0 saturated carbocycles. The number of halogens is 2. The smallest absolute Gasteiger partial charge is 0.287 e. The third-order valence-electron chi connectivity index (χ3n) is 4.84. The van der Waals surface area contributed by atoms with Crippen molar-refractivity contribution in [2.75, 3.05) is 0 Å². The van der Waals surface area contributed by atoms with Gasteiger partial charge in [-0.15, -0.1) is 0 Å². The first-order valence-corrected chi connectivity index (χ1v) is 10.5. The van der Waals surface area contributed by atoms with Gasteiger partial charge in [0, 0.05) is 28.9 Å². The second kappa shape index (κ2) is 8.49. The van der Waals surface area contributed by atoms with Gasteiger partial charge in [0.1, 0.15) is 5.76 Å². The van der Waals surface area contributed by atoms with Gasteiger partial charge in [-0.3, -0.25) is 4.79 Å². The maximum Gasteiger partial charge on any atom is 0.287 e. The Morgan fingerprint density at radius 3 is 2.62 bits per heavy atom. The molecular weight excluding hydrogens is 449 g/mol. The maximum atomic E-state index is 12.5. The topological polar surface area (TPSA) is 81.2 Å². The number of benzene rings is 2. The first-order chi connectivity index (χ1) is 15.6. The van der Waals surface area contributed by atoms with Crippen LogP contribution >= 0.6 is 23.2 Å². The summed E-state index contributed by atoms with van der Waals surface area (Å²) in [6.45, 7) is 0.335. The van der Waals surface area contributed by atoms with Crippen LogP contribution in [0.3, 0.4) is 0 Å². The molecule has 0 unspecified atom stereocenters. The molecule has 3 aromatic heterocycles. The number of hydrogen-bond donors (Lipinski definition) is 1. The van der Waals surface area contributed by atoms with Gasteiger partial charge in [-0.25, -0.2) is 4.98 Å². The van der Waals surface area contributed by atoms with E-state index >= 15 is 0 Å². The number of nitrogens with zero attached hydrogens (tertiary/aromatic N) is 2. The molecule has 1 amide bonds. The van der Waals surface area contributed by atoms with E-state index in [0.29, 0.717) is 45.0 Å². The van der Waals surface area contributed by atoms with Crippen molar-refractivity contribution in [3.63, 3.8) is 0 Å². The summed E-state index contributed by atoms with van der Waals surface area (Å²) >= 11 is 12.2. The Kier molecular flexibility index (Phi) is 5.39. The number of furan rings is 1. The molecule has 0 fully saturated rings. The Morgan fingerprint density at radius 1 is 0.969 bits per heavy atom. The summed E-state index contributed by atoms with van der Waals surface area (Å²) in [6.07, 6.45) is 1.67. The van der Waals surface area contributed by atoms with Crippen LogP contribution in [-0.2, 0) is 6.54 Å². The lowest BCUT2D eigenvalue weighted by molar-refractivity contribution is 0.0924. The number of nitrogens with one attached hydrogen (secondary N) is 1. The lowest BCUT2D eigenvalue weighted by atomic mass is 10.1. The van der Waals surface area contributed by atoms with Crippen molar-refractivity contribution < 1.29 is 13.6 Å². The van der Waals surface area contributed by atoms with Crippen molar-refractivity contribution in [1.29, 1.82) is 0 Å². The zero-order valence-electron chi connectivity index (χ0n) is 16.5. The SMILES string of the molecule is O=C(NCc1ccc(-c2nc3ncccc3o2)cc1)c1ccc(-c2cc(Cl)ccc2Cl)o1. The summed E-state index contributed by atoms with van der Waals surface area (Å²) in [5, 5.41) is 3.87. The summed E-state index contributed by atoms with van der Waals surface area (Å²) in [6, 6.07) is 19.6. The lowest BCUT2D eigenvalue weighted by Crippen LogP contribution is -2.22. The average molecular weight is 464 g/mol. The minimum atomic E-state index is -0.330. The van der Waals surface area contributed by atoms with Crippen LogP contribution in [0.4, 0.5) is 0 Å². The number of amides is 1. The highest BCUT2D eigenvalue weighted by atomic mass is 35.5. The van der Waals surface area contributed by atoms with E-state index in [1.165, 1.54) is 0 Å². The van der Waals surface area contributed by atoms with Gasteiger partial charge >= 0.3 is 0 Å². The molecule has 32 heavy (non-hydrogen) atoms. The quantitative estimate of drug-likeness (QED) is 0.326. The molecule has 0 saturated heterocycles. The fourth-order valence-electron chi connectivity index (χ4n) is 3.22. The normalized spacial score (nSPS) is 11.1. The van der Waals surface area contributed by atoms with E-state index in [1.807, 2.05) is 30.3 Å². The van der Waals surface area contributed by atoms with Crippen molar-refractivity contribution in [2.24, 2.45) is 0 Å². The van der Waals surface area contributed by atoms with Crippen LogP contribution in [0, 0.1) is 0 Å². The van der Waals surface area contributed by atoms with Gasteiger partial charge in [0.2, 0.25) is 5.89 Å². The molecule has 0 bridgehead atoms. The van der Waals surface area contributed by atoms with E-state index in [2.05, 4.69) is 15.3 Å². The minimum Gasteiger partial charge on any atom is -0.451 e. The molecule has 5 aromatic rings. The highest BCUT2D eigenvalue weighted by Crippen LogP contribution is 2.32. The van der Waals surface area contributed by atoms with E-state index in [1.54, 1.807) is 42.6 Å². The summed E-state index contributed by atoms with van der Waals surface area (Å²) in [5.74, 6) is 0.826. The first kappa shape index (κ1) is 20.3. The number of rotatable bonds is 5. The largest absolute Gasteiger partial charge is 0.451 e. The van der Waals surface area contributed by atoms with E-state index in [-0.39, 0.29) is 11.7 Å². The molecule has 158 valence electrons. The van der Waals surface area contributed by atoms with Gasteiger partial charge in [0.25, 0.3) is 5.91 Å².